The zero-order chi connectivity index (χ0) is 24.6. The van der Waals surface area contributed by atoms with E-state index in [4.69, 9.17) is 4.74 Å². The molecule has 182 valence electrons. The highest BCUT2D eigenvalue weighted by Gasteiger charge is 2.29. The van der Waals surface area contributed by atoms with E-state index in [-0.39, 0.29) is 11.1 Å². The van der Waals surface area contributed by atoms with Gasteiger partial charge >= 0.3 is 0 Å². The summed E-state index contributed by atoms with van der Waals surface area (Å²) in [5, 5.41) is 5.64. The van der Waals surface area contributed by atoms with E-state index < -0.39 is 11.0 Å². The van der Waals surface area contributed by atoms with E-state index in [1.165, 1.54) is 12.1 Å². The maximum absolute atomic E-state index is 13.6. The number of aromatic amines is 1. The average molecular weight is 502 g/mol. The Hall–Kier alpha value is -3.98. The Bertz CT molecular complexity index is 1590. The molecule has 0 bridgehead atoms. The van der Waals surface area contributed by atoms with Crippen molar-refractivity contribution in [3.63, 3.8) is 0 Å². The number of H-pyrrole nitrogens is 1. The number of nitrogens with zero attached hydrogens (tertiary/aromatic N) is 3. The summed E-state index contributed by atoms with van der Waals surface area (Å²) in [6, 6.07) is 14.4. The molecule has 1 aliphatic rings. The number of rotatable bonds is 8. The van der Waals surface area contributed by atoms with Crippen LogP contribution in [0, 0.1) is 5.82 Å². The van der Waals surface area contributed by atoms with Crippen molar-refractivity contribution in [2.24, 2.45) is 0 Å². The number of aromatic nitrogens is 4. The molecule has 1 unspecified atom stereocenters. The molecule has 1 atom stereocenters. The fraction of sp³-hybridized carbons (Fsp3) is 0.185. The minimum Gasteiger partial charge on any atom is -0.495 e. The first-order valence-electron chi connectivity index (χ1n) is 11.7. The largest absolute Gasteiger partial charge is 0.495 e. The molecule has 7 nitrogen and oxygen atoms in total. The number of anilines is 1. The van der Waals surface area contributed by atoms with Crippen LogP contribution in [0.4, 0.5) is 10.1 Å². The second-order valence-corrected chi connectivity index (χ2v) is 10.4. The SMILES string of the molecule is COc1ccc(-c2cnc3[nH]cc(-c4cnn(Cc5cccc(F)c5)c4)c3c2)cc1NS(=O)C1CC1. The highest BCUT2D eigenvalue weighted by atomic mass is 32.2. The first-order chi connectivity index (χ1) is 17.6. The van der Waals surface area contributed by atoms with E-state index in [2.05, 4.69) is 25.9 Å². The highest BCUT2D eigenvalue weighted by Crippen LogP contribution is 2.35. The summed E-state index contributed by atoms with van der Waals surface area (Å²) in [4.78, 5) is 7.86. The zero-order valence-electron chi connectivity index (χ0n) is 19.6. The Labute approximate surface area is 209 Å². The van der Waals surface area contributed by atoms with E-state index in [0.717, 1.165) is 51.7 Å². The van der Waals surface area contributed by atoms with Crippen molar-refractivity contribution in [3.05, 3.63) is 84.7 Å². The number of halogens is 1. The van der Waals surface area contributed by atoms with Crippen molar-refractivity contribution in [2.75, 3.05) is 11.8 Å². The van der Waals surface area contributed by atoms with Crippen molar-refractivity contribution >= 4 is 27.7 Å². The van der Waals surface area contributed by atoms with Crippen LogP contribution < -0.4 is 9.46 Å². The third kappa shape index (κ3) is 4.49. The third-order valence-corrected chi connectivity index (χ3v) is 7.78. The van der Waals surface area contributed by atoms with Crippen molar-refractivity contribution < 1.29 is 13.3 Å². The second-order valence-electron chi connectivity index (χ2n) is 8.89. The highest BCUT2D eigenvalue weighted by molar-refractivity contribution is 7.87. The van der Waals surface area contributed by atoms with E-state index in [9.17, 15) is 8.60 Å². The van der Waals surface area contributed by atoms with Crippen LogP contribution in [0.5, 0.6) is 5.75 Å². The Morgan fingerprint density at radius 1 is 1.14 bits per heavy atom. The summed E-state index contributed by atoms with van der Waals surface area (Å²) in [6.07, 6.45) is 9.46. The van der Waals surface area contributed by atoms with Crippen molar-refractivity contribution in [1.82, 2.24) is 19.7 Å². The van der Waals surface area contributed by atoms with Crippen LogP contribution in [0.15, 0.2) is 73.3 Å². The number of hydrogen-bond donors (Lipinski definition) is 2. The predicted octanol–water partition coefficient (Wildman–Crippen LogP) is 5.53. The lowest BCUT2D eigenvalue weighted by Gasteiger charge is -2.12. The zero-order valence-corrected chi connectivity index (χ0v) is 20.4. The predicted molar refractivity (Wildman–Crippen MR) is 140 cm³/mol. The summed E-state index contributed by atoms with van der Waals surface area (Å²) in [5.74, 6) is 0.389. The third-order valence-electron chi connectivity index (χ3n) is 6.28. The van der Waals surface area contributed by atoms with Crippen molar-refractivity contribution in [2.45, 2.75) is 24.6 Å². The number of fused-ring (bicyclic) bond motifs is 1. The van der Waals surface area contributed by atoms with Crippen LogP contribution in [0.25, 0.3) is 33.3 Å². The van der Waals surface area contributed by atoms with Gasteiger partial charge in [0, 0.05) is 40.7 Å². The van der Waals surface area contributed by atoms with Gasteiger partial charge in [-0.2, -0.15) is 5.10 Å². The summed E-state index contributed by atoms with van der Waals surface area (Å²) in [7, 11) is 0.478. The van der Waals surface area contributed by atoms with E-state index in [1.54, 1.807) is 24.1 Å². The van der Waals surface area contributed by atoms with Gasteiger partial charge in [0.15, 0.2) is 0 Å². The molecule has 3 heterocycles. The fourth-order valence-corrected chi connectivity index (χ4v) is 5.36. The number of pyridine rings is 1. The quantitative estimate of drug-likeness (QED) is 0.293. The fourth-order valence-electron chi connectivity index (χ4n) is 4.25. The summed E-state index contributed by atoms with van der Waals surface area (Å²) >= 11 is 0. The molecule has 0 saturated heterocycles. The van der Waals surface area contributed by atoms with Crippen LogP contribution in [0.2, 0.25) is 0 Å². The summed E-state index contributed by atoms with van der Waals surface area (Å²) in [6.45, 7) is 0.480. The van der Waals surface area contributed by atoms with Gasteiger partial charge in [-0.05, 0) is 54.3 Å². The molecule has 36 heavy (non-hydrogen) atoms. The number of benzene rings is 2. The van der Waals surface area contributed by atoms with Gasteiger partial charge in [-0.3, -0.25) is 4.68 Å². The van der Waals surface area contributed by atoms with Crippen LogP contribution >= 0.6 is 0 Å². The number of hydrogen-bond acceptors (Lipinski definition) is 4. The Morgan fingerprint density at radius 2 is 2.03 bits per heavy atom. The van der Waals surface area contributed by atoms with Crippen LogP contribution in [0.3, 0.4) is 0 Å². The number of nitrogens with one attached hydrogen (secondary N) is 2. The molecular formula is C27H24FN5O2S. The van der Waals surface area contributed by atoms with Crippen molar-refractivity contribution in [3.8, 4) is 28.0 Å². The van der Waals surface area contributed by atoms with Gasteiger partial charge in [0.1, 0.15) is 28.2 Å². The Balaban J connectivity index is 1.31. The minimum atomic E-state index is -1.13. The molecule has 2 N–H and O–H groups in total. The van der Waals surface area contributed by atoms with Gasteiger partial charge in [0.25, 0.3) is 0 Å². The van der Waals surface area contributed by atoms with E-state index in [1.807, 2.05) is 42.9 Å². The molecule has 6 rings (SSSR count). The molecule has 2 aromatic carbocycles. The first-order valence-corrected chi connectivity index (χ1v) is 12.9. The molecule has 3 aromatic heterocycles. The molecule has 1 saturated carbocycles. The van der Waals surface area contributed by atoms with E-state index >= 15 is 0 Å². The Morgan fingerprint density at radius 3 is 2.83 bits per heavy atom. The van der Waals surface area contributed by atoms with E-state index in [0.29, 0.717) is 18.0 Å². The number of ether oxygens (including phenoxy) is 1. The van der Waals surface area contributed by atoms with Gasteiger partial charge in [-0.1, -0.05) is 18.2 Å². The summed E-state index contributed by atoms with van der Waals surface area (Å²) < 4.78 is 36.4. The minimum absolute atomic E-state index is 0.209. The summed E-state index contributed by atoms with van der Waals surface area (Å²) in [5.41, 5.74) is 6.11. The van der Waals surface area contributed by atoms with Crippen LogP contribution in [0.1, 0.15) is 18.4 Å². The first kappa shape index (κ1) is 22.5. The molecule has 0 amide bonds. The lowest BCUT2D eigenvalue weighted by Crippen LogP contribution is -2.09. The smallest absolute Gasteiger partial charge is 0.142 e. The molecule has 0 radical (unpaired) electrons. The molecule has 9 heteroatoms. The maximum Gasteiger partial charge on any atom is 0.142 e. The molecule has 0 spiro atoms. The van der Waals surface area contributed by atoms with Gasteiger partial charge < -0.3 is 14.4 Å². The molecule has 0 aliphatic heterocycles. The van der Waals surface area contributed by atoms with Gasteiger partial charge in [-0.15, -0.1) is 0 Å². The van der Waals surface area contributed by atoms with Gasteiger partial charge in [0.05, 0.1) is 30.8 Å². The standard InChI is InChI=1S/C27H24FN5O2S/c1-35-26-8-5-18(11-25(26)32-36(34)22-6-7-22)19-10-23-24(14-30-27(23)29-12-19)20-13-31-33(16-20)15-17-3-2-4-21(28)9-17/h2-5,8-14,16,22,32H,6-7,15H2,1H3,(H,29,30). The molecule has 5 aromatic rings. The average Bonchev–Trinajstić information content (AvgIpc) is 3.51. The monoisotopic (exact) mass is 501 g/mol. The van der Waals surface area contributed by atoms with Crippen molar-refractivity contribution in [1.29, 1.82) is 0 Å². The molecule has 1 fully saturated rings. The topological polar surface area (TPSA) is 84.8 Å². The lowest BCUT2D eigenvalue weighted by atomic mass is 10.0. The lowest BCUT2D eigenvalue weighted by molar-refractivity contribution is 0.417. The van der Waals surface area contributed by atoms with Gasteiger partial charge in [0.2, 0.25) is 0 Å². The van der Waals surface area contributed by atoms with Crippen LogP contribution in [-0.2, 0) is 17.5 Å². The number of methoxy groups -OCH3 is 1. The normalized spacial score (nSPS) is 14.2. The molecular weight excluding hydrogens is 477 g/mol. The Kier molecular flexibility index (Phi) is 5.77. The molecule has 1 aliphatic carbocycles. The van der Waals surface area contributed by atoms with Gasteiger partial charge in [-0.25, -0.2) is 13.6 Å². The second kappa shape index (κ2) is 9.23. The maximum atomic E-state index is 13.6. The van der Waals surface area contributed by atoms with Crippen LogP contribution in [-0.4, -0.2) is 36.3 Å².